The molecule has 1 fully saturated rings. The third-order valence-electron chi connectivity index (χ3n) is 5.24. The molecule has 0 radical (unpaired) electrons. The lowest BCUT2D eigenvalue weighted by Gasteiger charge is -2.22. The number of alkyl halides is 2. The van der Waals surface area contributed by atoms with Crippen molar-refractivity contribution in [3.63, 3.8) is 0 Å². The Morgan fingerprint density at radius 3 is 2.38 bits per heavy atom. The molecule has 0 saturated carbocycles. The van der Waals surface area contributed by atoms with Gasteiger partial charge in [0.15, 0.2) is 5.96 Å². The number of carbonyl (C=O) groups is 1. The van der Waals surface area contributed by atoms with Crippen molar-refractivity contribution in [2.75, 3.05) is 20.1 Å². The summed E-state index contributed by atoms with van der Waals surface area (Å²) in [4.78, 5) is 20.4. The minimum absolute atomic E-state index is 0.143. The topological polar surface area (TPSA) is 57.2 Å². The number of halogens is 2. The number of likely N-dealkylation sites (tertiary alicyclic amines) is 1. The van der Waals surface area contributed by atoms with Crippen molar-refractivity contribution in [2.45, 2.75) is 46.0 Å². The minimum Gasteiger partial charge on any atom is -0.435 e. The molecule has 3 rings (SSSR count). The fourth-order valence-electron chi connectivity index (χ4n) is 3.60. The lowest BCUT2D eigenvalue weighted by atomic mass is 10.1. The van der Waals surface area contributed by atoms with Crippen LogP contribution < -0.4 is 10.1 Å². The van der Waals surface area contributed by atoms with E-state index in [4.69, 9.17) is 4.99 Å². The molecule has 2 aromatic carbocycles. The van der Waals surface area contributed by atoms with E-state index in [0.717, 1.165) is 42.2 Å². The number of guanidine groups is 1. The number of benzene rings is 2. The van der Waals surface area contributed by atoms with Crippen molar-refractivity contribution in [1.29, 1.82) is 0 Å². The van der Waals surface area contributed by atoms with Crippen LogP contribution in [0.4, 0.5) is 8.78 Å². The maximum Gasteiger partial charge on any atom is 0.387 e. The van der Waals surface area contributed by atoms with E-state index in [1.165, 1.54) is 12.1 Å². The molecule has 0 bridgehead atoms. The Kier molecular flexibility index (Phi) is 8.41. The Hall–Kier alpha value is -3.16. The predicted octanol–water partition coefficient (Wildman–Crippen LogP) is 4.01. The van der Waals surface area contributed by atoms with Crippen LogP contribution in [0.5, 0.6) is 5.75 Å². The molecule has 8 heteroatoms. The number of hydrogen-bond donors (Lipinski definition) is 1. The Labute approximate surface area is 187 Å². The first kappa shape index (κ1) is 23.5. The number of nitrogens with zero attached hydrogens (tertiary/aromatic N) is 3. The molecule has 32 heavy (non-hydrogen) atoms. The molecule has 2 aromatic rings. The summed E-state index contributed by atoms with van der Waals surface area (Å²) in [7, 11) is 1.93. The van der Waals surface area contributed by atoms with E-state index in [9.17, 15) is 13.6 Å². The van der Waals surface area contributed by atoms with Crippen LogP contribution in [0.15, 0.2) is 53.5 Å². The van der Waals surface area contributed by atoms with E-state index in [2.05, 4.69) is 22.2 Å². The van der Waals surface area contributed by atoms with Gasteiger partial charge >= 0.3 is 6.61 Å². The number of rotatable bonds is 9. The van der Waals surface area contributed by atoms with Crippen molar-refractivity contribution in [1.82, 2.24) is 15.1 Å². The molecule has 0 aromatic heterocycles. The normalized spacial score (nSPS) is 14.2. The Morgan fingerprint density at radius 2 is 1.78 bits per heavy atom. The molecule has 1 aliphatic rings. The highest BCUT2D eigenvalue weighted by Gasteiger charge is 2.19. The maximum absolute atomic E-state index is 12.3. The number of nitrogens with one attached hydrogen (secondary N) is 1. The van der Waals surface area contributed by atoms with Crippen LogP contribution >= 0.6 is 0 Å². The lowest BCUT2D eigenvalue weighted by Crippen LogP contribution is -2.38. The van der Waals surface area contributed by atoms with Gasteiger partial charge in [-0.3, -0.25) is 4.79 Å². The molecule has 6 nitrogen and oxygen atoms in total. The van der Waals surface area contributed by atoms with Crippen LogP contribution in [-0.4, -0.2) is 48.4 Å². The first-order valence-electron chi connectivity index (χ1n) is 10.8. The highest BCUT2D eigenvalue weighted by atomic mass is 19.3. The van der Waals surface area contributed by atoms with Gasteiger partial charge in [0.25, 0.3) is 0 Å². The summed E-state index contributed by atoms with van der Waals surface area (Å²) < 4.78 is 29.0. The average molecular weight is 445 g/mol. The number of hydrogen-bond acceptors (Lipinski definition) is 3. The van der Waals surface area contributed by atoms with Gasteiger partial charge in [-0.15, -0.1) is 0 Å². The van der Waals surface area contributed by atoms with E-state index < -0.39 is 6.61 Å². The minimum atomic E-state index is -2.83. The first-order valence-corrected chi connectivity index (χ1v) is 10.8. The molecule has 0 unspecified atom stereocenters. The Morgan fingerprint density at radius 1 is 1.12 bits per heavy atom. The van der Waals surface area contributed by atoms with Crippen LogP contribution in [-0.2, 0) is 24.4 Å². The third-order valence-corrected chi connectivity index (χ3v) is 5.24. The molecular weight excluding hydrogens is 414 g/mol. The van der Waals surface area contributed by atoms with Crippen LogP contribution in [0.25, 0.3) is 0 Å². The monoisotopic (exact) mass is 444 g/mol. The zero-order valence-electron chi connectivity index (χ0n) is 18.6. The smallest absolute Gasteiger partial charge is 0.387 e. The summed E-state index contributed by atoms with van der Waals surface area (Å²) in [6, 6.07) is 14.8. The second kappa shape index (κ2) is 11.5. The summed E-state index contributed by atoms with van der Waals surface area (Å²) in [5.74, 6) is 1.13. The van der Waals surface area contributed by atoms with Gasteiger partial charge in [-0.1, -0.05) is 36.4 Å². The Balaban J connectivity index is 1.58. The van der Waals surface area contributed by atoms with Gasteiger partial charge in [-0.05, 0) is 42.2 Å². The van der Waals surface area contributed by atoms with E-state index in [-0.39, 0.29) is 11.7 Å². The zero-order chi connectivity index (χ0) is 22.9. The van der Waals surface area contributed by atoms with E-state index in [1.54, 1.807) is 12.1 Å². The molecular formula is C24H30F2N4O2. The van der Waals surface area contributed by atoms with Crippen molar-refractivity contribution in [2.24, 2.45) is 4.99 Å². The lowest BCUT2D eigenvalue weighted by molar-refractivity contribution is -0.128. The fourth-order valence-corrected chi connectivity index (χ4v) is 3.60. The molecule has 1 aliphatic heterocycles. The summed E-state index contributed by atoms with van der Waals surface area (Å²) in [6.07, 6.45) is 1.60. The molecule has 1 heterocycles. The van der Waals surface area contributed by atoms with Crippen LogP contribution in [0.1, 0.15) is 36.5 Å². The fraction of sp³-hybridized carbons (Fsp3) is 0.417. The van der Waals surface area contributed by atoms with Crippen LogP contribution in [0, 0.1) is 0 Å². The average Bonchev–Trinajstić information content (AvgIpc) is 3.17. The number of amides is 1. The SMILES string of the molecule is CCNC(=NCc1ccc(CN2CCCC2=O)cc1)N(C)Cc1ccc(OC(F)F)cc1. The first-order chi connectivity index (χ1) is 15.4. The number of ether oxygens (including phenoxy) is 1. The second-order valence-electron chi connectivity index (χ2n) is 7.78. The summed E-state index contributed by atoms with van der Waals surface area (Å²) >= 11 is 0. The van der Waals surface area contributed by atoms with Crippen LogP contribution in [0.3, 0.4) is 0 Å². The molecule has 0 spiro atoms. The van der Waals surface area contributed by atoms with Gasteiger partial charge in [-0.2, -0.15) is 8.78 Å². The zero-order valence-corrected chi connectivity index (χ0v) is 18.6. The van der Waals surface area contributed by atoms with Crippen molar-refractivity contribution in [3.05, 3.63) is 65.2 Å². The van der Waals surface area contributed by atoms with Crippen molar-refractivity contribution < 1.29 is 18.3 Å². The highest BCUT2D eigenvalue weighted by molar-refractivity contribution is 5.79. The number of carbonyl (C=O) groups excluding carboxylic acids is 1. The maximum atomic E-state index is 12.3. The van der Waals surface area contributed by atoms with E-state index >= 15 is 0 Å². The standard InChI is InChI=1S/C24H30F2N4O2/c1-3-27-24(29(2)16-19-10-12-21(13-11-19)32-23(25)26)28-15-18-6-8-20(9-7-18)17-30-14-4-5-22(30)31/h6-13,23H,3-5,14-17H2,1-2H3,(H,27,28). The van der Waals surface area contributed by atoms with Gasteiger partial charge in [0, 0.05) is 39.6 Å². The second-order valence-corrected chi connectivity index (χ2v) is 7.78. The van der Waals surface area contributed by atoms with E-state index in [1.807, 2.05) is 35.9 Å². The molecule has 172 valence electrons. The molecule has 1 amide bonds. The third kappa shape index (κ3) is 6.93. The van der Waals surface area contributed by atoms with Gasteiger partial charge in [0.2, 0.25) is 5.91 Å². The summed E-state index contributed by atoms with van der Waals surface area (Å²) in [5, 5.41) is 3.28. The van der Waals surface area contributed by atoms with Gasteiger partial charge < -0.3 is 19.9 Å². The summed E-state index contributed by atoms with van der Waals surface area (Å²) in [6.45, 7) is 2.51. The van der Waals surface area contributed by atoms with Crippen molar-refractivity contribution in [3.8, 4) is 5.75 Å². The largest absolute Gasteiger partial charge is 0.435 e. The van der Waals surface area contributed by atoms with Crippen molar-refractivity contribution >= 4 is 11.9 Å². The highest BCUT2D eigenvalue weighted by Crippen LogP contribution is 2.17. The molecule has 1 saturated heterocycles. The van der Waals surface area contributed by atoms with E-state index in [0.29, 0.717) is 26.1 Å². The predicted molar refractivity (Wildman–Crippen MR) is 120 cm³/mol. The number of aliphatic imine (C=N–C) groups is 1. The molecule has 0 aliphatic carbocycles. The quantitative estimate of drug-likeness (QED) is 0.469. The van der Waals surface area contributed by atoms with Gasteiger partial charge in [0.05, 0.1) is 6.54 Å². The molecule has 0 atom stereocenters. The Bertz CT molecular complexity index is 901. The van der Waals surface area contributed by atoms with Gasteiger partial charge in [-0.25, -0.2) is 4.99 Å². The molecule has 1 N–H and O–H groups in total. The van der Waals surface area contributed by atoms with Gasteiger partial charge in [0.1, 0.15) is 5.75 Å². The summed E-state index contributed by atoms with van der Waals surface area (Å²) in [5.41, 5.74) is 3.16. The van der Waals surface area contributed by atoms with Crippen LogP contribution in [0.2, 0.25) is 0 Å².